The SMILES string of the molecule is C=CCOC(=O)N(C)CC[C@@H](O)[C@@H]1C[C@H](SC(c2ccccc2)(c2ccccc2)c2ccccc2)CN1C(=O)OCc1ccc([N+](=O)[O-])cc1. The number of non-ortho nitro benzene ring substituents is 1. The summed E-state index contributed by atoms with van der Waals surface area (Å²) in [5.41, 5.74) is 3.79. The molecule has 0 saturated carbocycles. The van der Waals surface area contributed by atoms with E-state index >= 15 is 0 Å². The first kappa shape index (κ1) is 36.2. The van der Waals surface area contributed by atoms with Crippen molar-refractivity contribution >= 4 is 29.6 Å². The summed E-state index contributed by atoms with van der Waals surface area (Å²) in [6.07, 6.45) is 0.0552. The van der Waals surface area contributed by atoms with Crippen molar-refractivity contribution in [2.75, 3.05) is 26.7 Å². The summed E-state index contributed by atoms with van der Waals surface area (Å²) >= 11 is 1.74. The first-order chi connectivity index (χ1) is 24.2. The zero-order valence-corrected chi connectivity index (χ0v) is 28.7. The number of carbonyl (C=O) groups excluding carboxylic acids is 2. The fraction of sp³-hybridized carbons (Fsp3) is 0.282. The largest absolute Gasteiger partial charge is 0.445 e. The Morgan fingerprint density at radius 3 is 2.00 bits per heavy atom. The van der Waals surface area contributed by atoms with Crippen LogP contribution in [0, 0.1) is 10.1 Å². The molecule has 1 aliphatic heterocycles. The number of nitro groups is 1. The summed E-state index contributed by atoms with van der Waals surface area (Å²) in [5.74, 6) is 0. The van der Waals surface area contributed by atoms with E-state index in [4.69, 9.17) is 9.47 Å². The van der Waals surface area contributed by atoms with Gasteiger partial charge in [-0.25, -0.2) is 9.59 Å². The number of aliphatic hydroxyl groups is 1. The van der Waals surface area contributed by atoms with E-state index in [1.54, 1.807) is 35.8 Å². The normalized spacial score (nSPS) is 16.3. The van der Waals surface area contributed by atoms with Crippen LogP contribution in [0.5, 0.6) is 0 Å². The zero-order valence-electron chi connectivity index (χ0n) is 27.9. The summed E-state index contributed by atoms with van der Waals surface area (Å²) in [7, 11) is 1.59. The lowest BCUT2D eigenvalue weighted by molar-refractivity contribution is -0.384. The number of amides is 2. The molecule has 1 fully saturated rings. The van der Waals surface area contributed by atoms with E-state index in [0.717, 1.165) is 16.7 Å². The Morgan fingerprint density at radius 1 is 0.960 bits per heavy atom. The number of carbonyl (C=O) groups is 2. The Morgan fingerprint density at radius 2 is 1.50 bits per heavy atom. The fourth-order valence-electron chi connectivity index (χ4n) is 6.25. The number of benzene rings is 4. The Bertz CT molecular complexity index is 1630. The number of rotatable bonds is 14. The van der Waals surface area contributed by atoms with Crippen LogP contribution < -0.4 is 0 Å². The Balaban J connectivity index is 1.43. The van der Waals surface area contributed by atoms with Crippen molar-refractivity contribution in [1.82, 2.24) is 9.80 Å². The molecule has 1 saturated heterocycles. The lowest BCUT2D eigenvalue weighted by Crippen LogP contribution is -2.44. The molecule has 5 rings (SSSR count). The van der Waals surface area contributed by atoms with Gasteiger partial charge in [-0.1, -0.05) is 104 Å². The van der Waals surface area contributed by atoms with Gasteiger partial charge in [0, 0.05) is 37.5 Å². The molecule has 3 atom stereocenters. The molecule has 0 radical (unpaired) electrons. The molecule has 10 nitrogen and oxygen atoms in total. The molecule has 0 bridgehead atoms. The van der Waals surface area contributed by atoms with Gasteiger partial charge in [-0.2, -0.15) is 0 Å². The van der Waals surface area contributed by atoms with Gasteiger partial charge in [0.25, 0.3) is 5.69 Å². The van der Waals surface area contributed by atoms with E-state index in [1.807, 2.05) is 54.6 Å². The highest BCUT2D eigenvalue weighted by molar-refractivity contribution is 8.01. The minimum Gasteiger partial charge on any atom is -0.445 e. The first-order valence-corrected chi connectivity index (χ1v) is 17.3. The molecular formula is C39H41N3O7S. The minimum absolute atomic E-state index is 0.0558. The second kappa shape index (κ2) is 17.0. The molecule has 0 aromatic heterocycles. The Hall–Kier alpha value is -5.13. The smallest absolute Gasteiger partial charge is 0.410 e. The van der Waals surface area contributed by atoms with Crippen LogP contribution in [0.25, 0.3) is 0 Å². The molecular weight excluding hydrogens is 655 g/mol. The number of ether oxygens (including phenoxy) is 2. The highest BCUT2D eigenvalue weighted by Gasteiger charge is 2.46. The van der Waals surface area contributed by atoms with Crippen molar-refractivity contribution in [2.24, 2.45) is 0 Å². The topological polar surface area (TPSA) is 122 Å². The van der Waals surface area contributed by atoms with Gasteiger partial charge in [0.05, 0.1) is 21.8 Å². The van der Waals surface area contributed by atoms with Crippen molar-refractivity contribution in [3.63, 3.8) is 0 Å². The van der Waals surface area contributed by atoms with E-state index in [0.29, 0.717) is 18.5 Å². The maximum Gasteiger partial charge on any atom is 0.410 e. The number of thioether (sulfide) groups is 1. The number of likely N-dealkylation sites (tertiary alicyclic amines) is 1. The van der Waals surface area contributed by atoms with Gasteiger partial charge in [-0.3, -0.25) is 10.1 Å². The molecule has 50 heavy (non-hydrogen) atoms. The van der Waals surface area contributed by atoms with Crippen molar-refractivity contribution in [1.29, 1.82) is 0 Å². The third-order valence-corrected chi connectivity index (χ3v) is 10.5. The van der Waals surface area contributed by atoms with Crippen LogP contribution in [0.1, 0.15) is 35.1 Å². The van der Waals surface area contributed by atoms with Crippen LogP contribution in [-0.4, -0.2) is 76.2 Å². The third kappa shape index (κ3) is 8.53. The quantitative estimate of drug-likeness (QED) is 0.0627. The number of hydrogen-bond acceptors (Lipinski definition) is 8. The summed E-state index contributed by atoms with van der Waals surface area (Å²) in [5, 5.41) is 22.6. The Labute approximate surface area is 296 Å². The molecule has 1 heterocycles. The van der Waals surface area contributed by atoms with Crippen LogP contribution in [0.4, 0.5) is 15.3 Å². The average molecular weight is 696 g/mol. The Kier molecular flexibility index (Phi) is 12.3. The van der Waals surface area contributed by atoms with Crippen LogP contribution in [0.2, 0.25) is 0 Å². The summed E-state index contributed by atoms with van der Waals surface area (Å²) in [6, 6.07) is 36.0. The third-order valence-electron chi connectivity index (χ3n) is 8.77. The van der Waals surface area contributed by atoms with E-state index < -0.39 is 34.0 Å². The standard InChI is InChI=1S/C39H41N3O7S/c1-3-25-48-37(44)40(2)24-23-36(43)35-26-34(27-41(35)38(45)49-28-29-19-21-33(22-20-29)42(46)47)50-39(30-13-7-4-8-14-30,31-15-9-5-10-16-31)32-17-11-6-12-18-32/h3-22,34-36,43H,1,23-28H2,2H3/t34-,35-,36+/m0/s1. The monoisotopic (exact) mass is 695 g/mol. The molecule has 1 aliphatic rings. The average Bonchev–Trinajstić information content (AvgIpc) is 3.59. The predicted molar refractivity (Wildman–Crippen MR) is 194 cm³/mol. The van der Waals surface area contributed by atoms with E-state index in [-0.39, 0.29) is 37.1 Å². The van der Waals surface area contributed by atoms with Crippen molar-refractivity contribution in [2.45, 2.75) is 41.6 Å². The molecule has 260 valence electrons. The maximum atomic E-state index is 13.8. The number of hydrogen-bond donors (Lipinski definition) is 1. The second-order valence-corrected chi connectivity index (χ2v) is 13.6. The zero-order chi connectivity index (χ0) is 35.5. The van der Waals surface area contributed by atoms with E-state index in [1.165, 1.54) is 23.1 Å². The number of nitro benzene ring substituents is 1. The van der Waals surface area contributed by atoms with E-state index in [9.17, 15) is 24.8 Å². The molecule has 0 aliphatic carbocycles. The molecule has 0 spiro atoms. The van der Waals surface area contributed by atoms with Gasteiger partial charge in [0.15, 0.2) is 0 Å². The second-order valence-electron chi connectivity index (χ2n) is 12.1. The molecule has 1 N–H and O–H groups in total. The summed E-state index contributed by atoms with van der Waals surface area (Å²) in [6.45, 7) is 4.06. The minimum atomic E-state index is -0.971. The lowest BCUT2D eigenvalue weighted by Gasteiger charge is -2.37. The van der Waals surface area contributed by atoms with Crippen molar-refractivity contribution in [3.05, 3.63) is 160 Å². The first-order valence-electron chi connectivity index (χ1n) is 16.4. The van der Waals surface area contributed by atoms with Crippen LogP contribution >= 0.6 is 11.8 Å². The predicted octanol–water partition coefficient (Wildman–Crippen LogP) is 7.41. The van der Waals surface area contributed by atoms with Crippen LogP contribution in [0.15, 0.2) is 128 Å². The summed E-state index contributed by atoms with van der Waals surface area (Å²) < 4.78 is 10.2. The van der Waals surface area contributed by atoms with Crippen LogP contribution in [0.3, 0.4) is 0 Å². The van der Waals surface area contributed by atoms with Gasteiger partial charge in [-0.15, -0.1) is 11.8 Å². The molecule has 11 heteroatoms. The molecule has 2 amide bonds. The molecule has 4 aromatic carbocycles. The van der Waals surface area contributed by atoms with Crippen molar-refractivity contribution < 1.29 is 29.1 Å². The van der Waals surface area contributed by atoms with Gasteiger partial charge in [0.1, 0.15) is 13.2 Å². The fourth-order valence-corrected chi connectivity index (χ4v) is 8.10. The van der Waals surface area contributed by atoms with Gasteiger partial charge in [-0.05, 0) is 47.2 Å². The van der Waals surface area contributed by atoms with Gasteiger partial charge < -0.3 is 24.4 Å². The molecule has 4 aromatic rings. The number of nitrogens with zero attached hydrogens (tertiary/aromatic N) is 3. The molecule has 0 unspecified atom stereocenters. The maximum absolute atomic E-state index is 13.8. The van der Waals surface area contributed by atoms with Gasteiger partial charge >= 0.3 is 12.2 Å². The van der Waals surface area contributed by atoms with Crippen LogP contribution in [-0.2, 0) is 20.8 Å². The lowest BCUT2D eigenvalue weighted by atomic mass is 9.84. The van der Waals surface area contributed by atoms with Gasteiger partial charge in [0.2, 0.25) is 0 Å². The van der Waals surface area contributed by atoms with E-state index in [2.05, 4.69) is 43.0 Å². The number of aliphatic hydroxyl groups excluding tert-OH is 1. The van der Waals surface area contributed by atoms with Crippen molar-refractivity contribution in [3.8, 4) is 0 Å². The highest BCUT2D eigenvalue weighted by Crippen LogP contribution is 2.52. The summed E-state index contributed by atoms with van der Waals surface area (Å²) in [4.78, 5) is 39.7. The highest BCUT2D eigenvalue weighted by atomic mass is 32.2.